The number of carbonyl (C=O) groups excluding carboxylic acids is 1. The molecule has 27 heavy (non-hydrogen) atoms. The lowest BCUT2D eigenvalue weighted by molar-refractivity contribution is 0.0703. The number of likely N-dealkylation sites (tertiary alicyclic amines) is 1. The average molecular weight is 365 g/mol. The number of pyridine rings is 2. The first-order valence-corrected chi connectivity index (χ1v) is 9.38. The maximum Gasteiger partial charge on any atom is 0.259 e. The first-order valence-electron chi connectivity index (χ1n) is 9.38. The van der Waals surface area contributed by atoms with E-state index in [9.17, 15) is 9.59 Å². The van der Waals surface area contributed by atoms with Crippen molar-refractivity contribution >= 4 is 16.9 Å². The number of H-pyrrole nitrogens is 1. The van der Waals surface area contributed by atoms with Gasteiger partial charge in [-0.2, -0.15) is 0 Å². The first kappa shape index (κ1) is 17.5. The fourth-order valence-corrected chi connectivity index (χ4v) is 3.81. The molecule has 1 aliphatic rings. The molecular weight excluding hydrogens is 342 g/mol. The second-order valence-corrected chi connectivity index (χ2v) is 7.05. The zero-order valence-electron chi connectivity index (χ0n) is 15.6. The van der Waals surface area contributed by atoms with Crippen LogP contribution in [0, 0.1) is 6.92 Å². The highest BCUT2D eigenvalue weighted by Crippen LogP contribution is 2.25. The van der Waals surface area contributed by atoms with Crippen LogP contribution in [0.1, 0.15) is 47.6 Å². The number of carbonyl (C=O) groups is 1. The molecule has 0 aliphatic carbocycles. The number of aryl methyl sites for hydroxylation is 2. The first-order chi connectivity index (χ1) is 13.1. The van der Waals surface area contributed by atoms with Crippen molar-refractivity contribution in [1.82, 2.24) is 24.4 Å². The van der Waals surface area contributed by atoms with Crippen LogP contribution in [0.15, 0.2) is 35.5 Å². The number of piperidine rings is 1. The van der Waals surface area contributed by atoms with Gasteiger partial charge in [0.25, 0.3) is 5.91 Å². The number of rotatable bonds is 3. The van der Waals surface area contributed by atoms with E-state index < -0.39 is 0 Å². The van der Waals surface area contributed by atoms with E-state index in [0.717, 1.165) is 24.4 Å². The van der Waals surface area contributed by atoms with E-state index in [1.807, 2.05) is 24.5 Å². The third kappa shape index (κ3) is 3.13. The molecule has 1 amide bonds. The Balaban J connectivity index is 1.71. The highest BCUT2D eigenvalue weighted by Gasteiger charge is 2.28. The Morgan fingerprint density at radius 1 is 1.37 bits per heavy atom. The van der Waals surface area contributed by atoms with Crippen LogP contribution < -0.4 is 5.43 Å². The summed E-state index contributed by atoms with van der Waals surface area (Å²) in [4.78, 5) is 39.9. The molecule has 0 spiro atoms. The van der Waals surface area contributed by atoms with Crippen molar-refractivity contribution in [2.24, 2.45) is 0 Å². The van der Waals surface area contributed by atoms with Crippen LogP contribution >= 0.6 is 0 Å². The van der Waals surface area contributed by atoms with Crippen molar-refractivity contribution in [2.75, 3.05) is 13.1 Å². The molecule has 0 bridgehead atoms. The molecule has 4 rings (SSSR count). The number of fused-ring (bicyclic) bond motifs is 1. The van der Waals surface area contributed by atoms with E-state index in [1.54, 1.807) is 29.6 Å². The molecule has 1 atom stereocenters. The van der Waals surface area contributed by atoms with Crippen LogP contribution in [-0.4, -0.2) is 43.4 Å². The predicted octanol–water partition coefficient (Wildman–Crippen LogP) is 2.47. The summed E-state index contributed by atoms with van der Waals surface area (Å²) in [6.07, 6.45) is 7.07. The molecule has 1 fully saturated rings. The Hall–Kier alpha value is -2.96. The van der Waals surface area contributed by atoms with Gasteiger partial charge in [-0.1, -0.05) is 0 Å². The van der Waals surface area contributed by atoms with Crippen molar-refractivity contribution in [3.05, 3.63) is 58.0 Å². The lowest BCUT2D eigenvalue weighted by Crippen LogP contribution is -2.41. The molecule has 0 unspecified atom stereocenters. The van der Waals surface area contributed by atoms with E-state index in [-0.39, 0.29) is 22.8 Å². The van der Waals surface area contributed by atoms with E-state index in [0.29, 0.717) is 30.7 Å². The molecule has 7 nitrogen and oxygen atoms in total. The van der Waals surface area contributed by atoms with Crippen LogP contribution in [0.3, 0.4) is 0 Å². The van der Waals surface area contributed by atoms with Gasteiger partial charge in [-0.3, -0.25) is 9.59 Å². The van der Waals surface area contributed by atoms with E-state index in [4.69, 9.17) is 0 Å². The molecule has 1 aliphatic heterocycles. The number of aromatic amines is 1. The standard InChI is InChI=1S/C20H23N5O2/c1-3-24-12-16(17(26)15-7-6-13(2)23-19(15)24)20(27)25-10-4-5-14(11-25)18-21-8-9-22-18/h6-9,12,14H,3-5,10-11H2,1-2H3,(H,21,22)/t14-/m1/s1. The van der Waals surface area contributed by atoms with E-state index >= 15 is 0 Å². The van der Waals surface area contributed by atoms with Crippen molar-refractivity contribution in [3.8, 4) is 0 Å². The summed E-state index contributed by atoms with van der Waals surface area (Å²) >= 11 is 0. The summed E-state index contributed by atoms with van der Waals surface area (Å²) in [7, 11) is 0. The summed E-state index contributed by atoms with van der Waals surface area (Å²) in [5, 5.41) is 0.493. The van der Waals surface area contributed by atoms with Crippen molar-refractivity contribution in [2.45, 2.75) is 39.2 Å². The van der Waals surface area contributed by atoms with Crippen molar-refractivity contribution < 1.29 is 4.79 Å². The zero-order valence-corrected chi connectivity index (χ0v) is 15.6. The maximum absolute atomic E-state index is 13.2. The number of amides is 1. The molecule has 3 aromatic heterocycles. The smallest absolute Gasteiger partial charge is 0.259 e. The van der Waals surface area contributed by atoms with Gasteiger partial charge >= 0.3 is 0 Å². The molecule has 7 heteroatoms. The fraction of sp³-hybridized carbons (Fsp3) is 0.400. The van der Waals surface area contributed by atoms with E-state index in [2.05, 4.69) is 15.0 Å². The van der Waals surface area contributed by atoms with Gasteiger partial charge in [-0.05, 0) is 38.8 Å². The van der Waals surface area contributed by atoms with Gasteiger partial charge in [-0.25, -0.2) is 9.97 Å². The molecule has 1 N–H and O–H groups in total. The molecule has 0 saturated carbocycles. The van der Waals surface area contributed by atoms with Gasteiger partial charge in [0, 0.05) is 49.8 Å². The van der Waals surface area contributed by atoms with Gasteiger partial charge in [0.05, 0.1) is 5.39 Å². The molecule has 4 heterocycles. The quantitative estimate of drug-likeness (QED) is 0.773. The fourth-order valence-electron chi connectivity index (χ4n) is 3.81. The number of nitrogens with one attached hydrogen (secondary N) is 1. The highest BCUT2D eigenvalue weighted by atomic mass is 16.2. The minimum absolute atomic E-state index is 0.177. The van der Waals surface area contributed by atoms with Crippen molar-refractivity contribution in [3.63, 3.8) is 0 Å². The molecular formula is C20H23N5O2. The van der Waals surface area contributed by atoms with E-state index in [1.165, 1.54) is 0 Å². The Kier molecular flexibility index (Phi) is 4.51. The zero-order chi connectivity index (χ0) is 19.0. The highest BCUT2D eigenvalue weighted by molar-refractivity contribution is 5.97. The van der Waals surface area contributed by atoms with Crippen LogP contribution in [0.5, 0.6) is 0 Å². The lowest BCUT2D eigenvalue weighted by atomic mass is 9.96. The lowest BCUT2D eigenvalue weighted by Gasteiger charge is -2.32. The normalized spacial score (nSPS) is 17.4. The summed E-state index contributed by atoms with van der Waals surface area (Å²) in [6.45, 7) is 5.75. The molecule has 3 aromatic rings. The number of nitrogens with zero attached hydrogens (tertiary/aromatic N) is 4. The summed E-state index contributed by atoms with van der Waals surface area (Å²) < 4.78 is 1.88. The van der Waals surface area contributed by atoms with Gasteiger partial charge in [0.2, 0.25) is 5.43 Å². The Morgan fingerprint density at radius 3 is 2.96 bits per heavy atom. The van der Waals surface area contributed by atoms with Gasteiger partial charge in [0.1, 0.15) is 17.0 Å². The number of aromatic nitrogens is 4. The van der Waals surface area contributed by atoms with Crippen LogP contribution in [0.4, 0.5) is 0 Å². The molecule has 0 aromatic carbocycles. The third-order valence-electron chi connectivity index (χ3n) is 5.25. The van der Waals surface area contributed by atoms with Gasteiger partial charge < -0.3 is 14.5 Å². The monoisotopic (exact) mass is 365 g/mol. The predicted molar refractivity (Wildman–Crippen MR) is 103 cm³/mol. The minimum atomic E-state index is -0.243. The maximum atomic E-state index is 13.2. The topological polar surface area (TPSA) is 83.9 Å². The van der Waals surface area contributed by atoms with Gasteiger partial charge in [0.15, 0.2) is 0 Å². The molecule has 1 saturated heterocycles. The number of hydrogen-bond donors (Lipinski definition) is 1. The third-order valence-corrected chi connectivity index (χ3v) is 5.25. The average Bonchev–Trinajstić information content (AvgIpc) is 3.23. The Morgan fingerprint density at radius 2 is 2.22 bits per heavy atom. The second-order valence-electron chi connectivity index (χ2n) is 7.05. The van der Waals surface area contributed by atoms with Gasteiger partial charge in [-0.15, -0.1) is 0 Å². The summed E-state index contributed by atoms with van der Waals surface area (Å²) in [5.41, 5.74) is 1.45. The largest absolute Gasteiger partial charge is 0.348 e. The Bertz CT molecular complexity index is 1040. The Labute approximate surface area is 157 Å². The number of imidazole rings is 1. The van der Waals surface area contributed by atoms with Crippen molar-refractivity contribution in [1.29, 1.82) is 0 Å². The molecule has 140 valence electrons. The van der Waals surface area contributed by atoms with Crippen LogP contribution in [-0.2, 0) is 6.54 Å². The second kappa shape index (κ2) is 6.98. The SMILES string of the molecule is CCn1cc(C(=O)N2CCC[C@@H](c3ncc[nH]3)C2)c(=O)c2ccc(C)nc21. The van der Waals surface area contributed by atoms with Crippen LogP contribution in [0.2, 0.25) is 0 Å². The summed E-state index contributed by atoms with van der Waals surface area (Å²) in [5.74, 6) is 0.869. The minimum Gasteiger partial charge on any atom is -0.348 e. The molecule has 0 radical (unpaired) electrons. The van der Waals surface area contributed by atoms with Crippen LogP contribution in [0.25, 0.3) is 11.0 Å². The summed E-state index contributed by atoms with van der Waals surface area (Å²) in [6, 6.07) is 3.58. The number of hydrogen-bond acceptors (Lipinski definition) is 4.